The summed E-state index contributed by atoms with van der Waals surface area (Å²) < 4.78 is 0. The van der Waals surface area contributed by atoms with E-state index in [2.05, 4.69) is 5.32 Å². The Morgan fingerprint density at radius 3 is 2.43 bits per heavy atom. The van der Waals surface area contributed by atoms with Crippen molar-refractivity contribution in [2.24, 2.45) is 11.3 Å². The number of carboxylic acids is 1. The molecule has 0 radical (unpaired) electrons. The molecular weight excluding hydrogens is 296 g/mol. The standard InChI is InChI=1S/C17H28N2O4/c1-17(2,3)10-14(20)19-8-4-5-13(19)15(21)18-12-7-6-11(9-12)16(22)23/h11-13H,4-10H2,1-3H3,(H,18,21)(H,22,23)/t11-,12+,13?/m0/s1. The summed E-state index contributed by atoms with van der Waals surface area (Å²) >= 11 is 0. The van der Waals surface area contributed by atoms with Gasteiger partial charge < -0.3 is 15.3 Å². The Morgan fingerprint density at radius 2 is 1.87 bits per heavy atom. The minimum absolute atomic E-state index is 0.0324. The van der Waals surface area contributed by atoms with Gasteiger partial charge in [-0.15, -0.1) is 0 Å². The van der Waals surface area contributed by atoms with Crippen molar-refractivity contribution in [2.75, 3.05) is 6.54 Å². The van der Waals surface area contributed by atoms with Crippen LogP contribution in [0.3, 0.4) is 0 Å². The van der Waals surface area contributed by atoms with E-state index in [0.29, 0.717) is 38.6 Å². The second kappa shape index (κ2) is 6.89. The number of nitrogens with one attached hydrogen (secondary N) is 1. The van der Waals surface area contributed by atoms with Gasteiger partial charge in [0.2, 0.25) is 11.8 Å². The van der Waals surface area contributed by atoms with Crippen molar-refractivity contribution in [1.82, 2.24) is 10.2 Å². The van der Waals surface area contributed by atoms with Crippen molar-refractivity contribution in [3.05, 3.63) is 0 Å². The molecule has 0 aromatic heterocycles. The van der Waals surface area contributed by atoms with E-state index in [-0.39, 0.29) is 29.2 Å². The zero-order valence-corrected chi connectivity index (χ0v) is 14.3. The molecule has 1 aliphatic heterocycles. The van der Waals surface area contributed by atoms with E-state index >= 15 is 0 Å². The number of hydrogen-bond donors (Lipinski definition) is 2. The Hall–Kier alpha value is -1.59. The van der Waals surface area contributed by atoms with Gasteiger partial charge >= 0.3 is 5.97 Å². The van der Waals surface area contributed by atoms with Gasteiger partial charge in [-0.25, -0.2) is 0 Å². The van der Waals surface area contributed by atoms with Crippen LogP contribution in [-0.2, 0) is 14.4 Å². The van der Waals surface area contributed by atoms with Crippen molar-refractivity contribution < 1.29 is 19.5 Å². The molecule has 6 nitrogen and oxygen atoms in total. The predicted molar refractivity (Wildman–Crippen MR) is 85.7 cm³/mol. The minimum Gasteiger partial charge on any atom is -0.481 e. The van der Waals surface area contributed by atoms with Gasteiger partial charge in [-0.05, 0) is 37.5 Å². The Labute approximate surface area is 137 Å². The van der Waals surface area contributed by atoms with Crippen LogP contribution in [0, 0.1) is 11.3 Å². The number of amides is 2. The molecule has 0 aromatic carbocycles. The first-order chi connectivity index (χ1) is 10.7. The lowest BCUT2D eigenvalue weighted by Gasteiger charge is -2.28. The predicted octanol–water partition coefficient (Wildman–Crippen LogP) is 1.78. The largest absolute Gasteiger partial charge is 0.481 e. The molecule has 0 aromatic rings. The number of carboxylic acid groups (broad SMARTS) is 1. The Morgan fingerprint density at radius 1 is 1.17 bits per heavy atom. The van der Waals surface area contributed by atoms with E-state index in [1.54, 1.807) is 4.90 Å². The van der Waals surface area contributed by atoms with Gasteiger partial charge in [-0.1, -0.05) is 20.8 Å². The average molecular weight is 324 g/mol. The molecule has 130 valence electrons. The number of nitrogens with zero attached hydrogens (tertiary/aromatic N) is 1. The maximum atomic E-state index is 12.5. The second-order valence-electron chi connectivity index (χ2n) is 8.04. The average Bonchev–Trinajstić information content (AvgIpc) is 3.04. The number of rotatable bonds is 4. The maximum absolute atomic E-state index is 12.5. The molecule has 1 aliphatic carbocycles. The van der Waals surface area contributed by atoms with E-state index in [9.17, 15) is 14.4 Å². The van der Waals surface area contributed by atoms with Crippen LogP contribution in [0.1, 0.15) is 59.3 Å². The van der Waals surface area contributed by atoms with Crippen LogP contribution in [0.2, 0.25) is 0 Å². The van der Waals surface area contributed by atoms with Crippen LogP contribution < -0.4 is 5.32 Å². The number of likely N-dealkylation sites (tertiary alicyclic amines) is 1. The second-order valence-corrected chi connectivity index (χ2v) is 8.04. The van der Waals surface area contributed by atoms with Gasteiger partial charge in [0.1, 0.15) is 6.04 Å². The third-order valence-corrected chi connectivity index (χ3v) is 4.69. The number of aliphatic carboxylic acids is 1. The van der Waals surface area contributed by atoms with Crippen molar-refractivity contribution >= 4 is 17.8 Å². The molecule has 3 atom stereocenters. The smallest absolute Gasteiger partial charge is 0.306 e. The summed E-state index contributed by atoms with van der Waals surface area (Å²) in [5.74, 6) is -1.24. The highest BCUT2D eigenvalue weighted by Gasteiger charge is 2.37. The van der Waals surface area contributed by atoms with Crippen LogP contribution in [-0.4, -0.2) is 46.4 Å². The summed E-state index contributed by atoms with van der Waals surface area (Å²) in [7, 11) is 0. The molecule has 1 saturated carbocycles. The van der Waals surface area contributed by atoms with Crippen LogP contribution in [0.25, 0.3) is 0 Å². The van der Waals surface area contributed by atoms with Gasteiger partial charge in [-0.2, -0.15) is 0 Å². The molecule has 2 fully saturated rings. The molecule has 0 spiro atoms. The van der Waals surface area contributed by atoms with Crippen LogP contribution in [0.5, 0.6) is 0 Å². The number of carbonyl (C=O) groups is 3. The number of hydrogen-bond acceptors (Lipinski definition) is 3. The highest BCUT2D eigenvalue weighted by Crippen LogP contribution is 2.28. The van der Waals surface area contributed by atoms with Gasteiger partial charge in [-0.3, -0.25) is 14.4 Å². The van der Waals surface area contributed by atoms with Crippen molar-refractivity contribution in [1.29, 1.82) is 0 Å². The Balaban J connectivity index is 1.91. The molecule has 1 heterocycles. The normalized spacial score (nSPS) is 28.0. The van der Waals surface area contributed by atoms with Gasteiger partial charge in [0.25, 0.3) is 0 Å². The first-order valence-corrected chi connectivity index (χ1v) is 8.50. The fourth-order valence-electron chi connectivity index (χ4n) is 3.53. The van der Waals surface area contributed by atoms with Crippen LogP contribution in [0.15, 0.2) is 0 Å². The van der Waals surface area contributed by atoms with E-state index in [1.807, 2.05) is 20.8 Å². The summed E-state index contributed by atoms with van der Waals surface area (Å²) in [6.07, 6.45) is 3.77. The van der Waals surface area contributed by atoms with E-state index in [1.165, 1.54) is 0 Å². The van der Waals surface area contributed by atoms with Crippen molar-refractivity contribution in [2.45, 2.75) is 71.4 Å². The maximum Gasteiger partial charge on any atom is 0.306 e. The molecule has 0 bridgehead atoms. The molecule has 23 heavy (non-hydrogen) atoms. The topological polar surface area (TPSA) is 86.7 Å². The molecule has 6 heteroatoms. The first kappa shape index (κ1) is 17.8. The lowest BCUT2D eigenvalue weighted by atomic mass is 9.91. The monoisotopic (exact) mass is 324 g/mol. The lowest BCUT2D eigenvalue weighted by molar-refractivity contribution is -0.141. The summed E-state index contributed by atoms with van der Waals surface area (Å²) in [5, 5.41) is 12.0. The first-order valence-electron chi connectivity index (χ1n) is 8.50. The zero-order valence-electron chi connectivity index (χ0n) is 14.3. The fraction of sp³-hybridized carbons (Fsp3) is 0.824. The van der Waals surface area contributed by atoms with Crippen LogP contribution >= 0.6 is 0 Å². The quantitative estimate of drug-likeness (QED) is 0.825. The van der Waals surface area contributed by atoms with E-state index in [0.717, 1.165) is 6.42 Å². The SMILES string of the molecule is CC(C)(C)CC(=O)N1CCCC1C(=O)N[C@@H]1CC[C@H](C(=O)O)C1. The third kappa shape index (κ3) is 4.69. The Bertz CT molecular complexity index is 483. The molecule has 1 unspecified atom stereocenters. The minimum atomic E-state index is -0.787. The molecule has 2 amide bonds. The molecule has 2 aliphatic rings. The molecule has 1 saturated heterocycles. The fourth-order valence-corrected chi connectivity index (χ4v) is 3.53. The summed E-state index contributed by atoms with van der Waals surface area (Å²) in [4.78, 5) is 37.6. The summed E-state index contributed by atoms with van der Waals surface area (Å²) in [6.45, 7) is 6.68. The number of carbonyl (C=O) groups excluding carboxylic acids is 2. The molecule has 2 rings (SSSR count). The zero-order chi connectivity index (χ0) is 17.2. The molecule has 2 N–H and O–H groups in total. The third-order valence-electron chi connectivity index (χ3n) is 4.69. The van der Waals surface area contributed by atoms with Gasteiger partial charge in [0.05, 0.1) is 5.92 Å². The van der Waals surface area contributed by atoms with E-state index in [4.69, 9.17) is 5.11 Å². The summed E-state index contributed by atoms with van der Waals surface area (Å²) in [6, 6.07) is -0.475. The molecular formula is C17H28N2O4. The summed E-state index contributed by atoms with van der Waals surface area (Å²) in [5.41, 5.74) is -0.0964. The van der Waals surface area contributed by atoms with E-state index < -0.39 is 12.0 Å². The lowest BCUT2D eigenvalue weighted by Crippen LogP contribution is -2.49. The highest BCUT2D eigenvalue weighted by molar-refractivity contribution is 5.88. The highest BCUT2D eigenvalue weighted by atomic mass is 16.4. The van der Waals surface area contributed by atoms with Gasteiger partial charge in [0, 0.05) is 19.0 Å². The van der Waals surface area contributed by atoms with Crippen LogP contribution in [0.4, 0.5) is 0 Å². The van der Waals surface area contributed by atoms with Gasteiger partial charge in [0.15, 0.2) is 0 Å². The van der Waals surface area contributed by atoms with Crippen molar-refractivity contribution in [3.8, 4) is 0 Å². The Kier molecular flexibility index (Phi) is 5.32. The van der Waals surface area contributed by atoms with Crippen molar-refractivity contribution in [3.63, 3.8) is 0 Å².